The van der Waals surface area contributed by atoms with Crippen LogP contribution >= 0.6 is 0 Å². The Morgan fingerprint density at radius 1 is 1.21 bits per heavy atom. The molecular formula is C15H16O4. The van der Waals surface area contributed by atoms with E-state index >= 15 is 0 Å². The number of rotatable bonds is 3. The summed E-state index contributed by atoms with van der Waals surface area (Å²) in [5, 5.41) is 0. The molecule has 0 N–H and O–H groups in total. The Kier molecular flexibility index (Phi) is 4.00. The van der Waals surface area contributed by atoms with E-state index in [0.29, 0.717) is 28.9 Å². The van der Waals surface area contributed by atoms with Gasteiger partial charge in [-0.2, -0.15) is 0 Å². The van der Waals surface area contributed by atoms with Gasteiger partial charge in [-0.25, -0.2) is 4.79 Å². The third-order valence-electron chi connectivity index (χ3n) is 3.18. The maximum Gasteiger partial charge on any atom is 0.337 e. The lowest BCUT2D eigenvalue weighted by Crippen LogP contribution is -2.12. The van der Waals surface area contributed by atoms with Crippen LogP contribution in [0.5, 0.6) is 0 Å². The Labute approximate surface area is 112 Å². The molecule has 0 atom stereocenters. The average molecular weight is 260 g/mol. The minimum atomic E-state index is -0.412. The van der Waals surface area contributed by atoms with Gasteiger partial charge in [-0.15, -0.1) is 0 Å². The van der Waals surface area contributed by atoms with Crippen LogP contribution in [-0.4, -0.2) is 26.0 Å². The molecule has 0 radical (unpaired) electrons. The molecule has 100 valence electrons. The van der Waals surface area contributed by atoms with E-state index in [0.717, 1.165) is 12.8 Å². The van der Waals surface area contributed by atoms with E-state index in [1.165, 1.54) is 7.11 Å². The highest BCUT2D eigenvalue weighted by molar-refractivity contribution is 6.22. The normalized spacial score (nSPS) is 15.4. The number of hydrogen-bond acceptors (Lipinski definition) is 4. The number of carbonyl (C=O) groups is 2. The standard InChI is InChI=1S/C15H16O4/c1-18-13-8-4-7-12(16)14(13)10-5-3-6-11(9-10)15(17)19-2/h3,5-6,9H,4,7-8H2,1-2H3. The maximum absolute atomic E-state index is 12.1. The van der Waals surface area contributed by atoms with Crippen molar-refractivity contribution in [2.75, 3.05) is 14.2 Å². The summed E-state index contributed by atoms with van der Waals surface area (Å²) >= 11 is 0. The predicted octanol–water partition coefficient (Wildman–Crippen LogP) is 2.58. The van der Waals surface area contributed by atoms with Crippen LogP contribution in [0.25, 0.3) is 5.57 Å². The van der Waals surface area contributed by atoms with Crippen molar-refractivity contribution in [2.45, 2.75) is 19.3 Å². The molecule has 0 bridgehead atoms. The first-order valence-electron chi connectivity index (χ1n) is 6.16. The van der Waals surface area contributed by atoms with Crippen LogP contribution in [-0.2, 0) is 14.3 Å². The molecule has 0 aromatic heterocycles. The number of Topliss-reactive ketones (excluding diaryl/α,β-unsaturated/α-hetero) is 1. The van der Waals surface area contributed by atoms with E-state index in [1.807, 2.05) is 6.07 Å². The molecule has 4 heteroatoms. The molecule has 0 saturated heterocycles. The first-order chi connectivity index (χ1) is 9.17. The summed E-state index contributed by atoms with van der Waals surface area (Å²) in [5.41, 5.74) is 1.73. The molecule has 1 aliphatic rings. The van der Waals surface area contributed by atoms with Gasteiger partial charge in [0.2, 0.25) is 0 Å². The molecule has 1 aliphatic carbocycles. The number of hydrogen-bond donors (Lipinski definition) is 0. The van der Waals surface area contributed by atoms with E-state index in [4.69, 9.17) is 4.74 Å². The van der Waals surface area contributed by atoms with E-state index in [1.54, 1.807) is 25.3 Å². The zero-order valence-electron chi connectivity index (χ0n) is 11.1. The second-order valence-electron chi connectivity index (χ2n) is 4.35. The van der Waals surface area contributed by atoms with Crippen LogP contribution in [0, 0.1) is 0 Å². The van der Waals surface area contributed by atoms with Gasteiger partial charge in [-0.05, 0) is 24.1 Å². The first-order valence-corrected chi connectivity index (χ1v) is 6.16. The monoisotopic (exact) mass is 260 g/mol. The molecule has 19 heavy (non-hydrogen) atoms. The molecule has 0 spiro atoms. The summed E-state index contributed by atoms with van der Waals surface area (Å²) in [4.78, 5) is 23.6. The largest absolute Gasteiger partial charge is 0.500 e. The summed E-state index contributed by atoms with van der Waals surface area (Å²) in [5.74, 6) is 0.341. The fourth-order valence-electron chi connectivity index (χ4n) is 2.26. The quantitative estimate of drug-likeness (QED) is 0.784. The van der Waals surface area contributed by atoms with Gasteiger partial charge < -0.3 is 9.47 Å². The summed E-state index contributed by atoms with van der Waals surface area (Å²) in [6.45, 7) is 0. The SMILES string of the molecule is COC(=O)c1cccc(C2=C(OC)CCCC2=O)c1. The maximum atomic E-state index is 12.1. The molecule has 2 rings (SSSR count). The number of carbonyl (C=O) groups excluding carboxylic acids is 2. The van der Waals surface area contributed by atoms with Crippen LogP contribution in [0.2, 0.25) is 0 Å². The number of benzene rings is 1. The fraction of sp³-hybridized carbons (Fsp3) is 0.333. The van der Waals surface area contributed by atoms with E-state index in [9.17, 15) is 9.59 Å². The van der Waals surface area contributed by atoms with Crippen LogP contribution in [0.15, 0.2) is 30.0 Å². The Morgan fingerprint density at radius 2 is 2.00 bits per heavy atom. The van der Waals surface area contributed by atoms with E-state index in [-0.39, 0.29) is 5.78 Å². The Hall–Kier alpha value is -2.10. The summed E-state index contributed by atoms with van der Waals surface area (Å²) in [6, 6.07) is 6.88. The molecular weight excluding hydrogens is 244 g/mol. The van der Waals surface area contributed by atoms with Crippen molar-refractivity contribution >= 4 is 17.3 Å². The number of methoxy groups -OCH3 is 2. The van der Waals surface area contributed by atoms with E-state index < -0.39 is 5.97 Å². The van der Waals surface area contributed by atoms with Gasteiger partial charge in [0.05, 0.1) is 25.4 Å². The summed E-state index contributed by atoms with van der Waals surface area (Å²) < 4.78 is 9.99. The highest BCUT2D eigenvalue weighted by Crippen LogP contribution is 2.30. The molecule has 0 amide bonds. The molecule has 1 aromatic rings. The molecule has 0 fully saturated rings. The lowest BCUT2D eigenvalue weighted by Gasteiger charge is -2.18. The summed E-state index contributed by atoms with van der Waals surface area (Å²) in [7, 11) is 2.90. The van der Waals surface area contributed by atoms with Gasteiger partial charge in [0.15, 0.2) is 5.78 Å². The Balaban J connectivity index is 2.48. The minimum absolute atomic E-state index is 0.0603. The molecule has 0 unspecified atom stereocenters. The molecule has 0 heterocycles. The summed E-state index contributed by atoms with van der Waals surface area (Å²) in [6.07, 6.45) is 2.08. The number of esters is 1. The van der Waals surface area contributed by atoms with Crippen LogP contribution in [0.3, 0.4) is 0 Å². The second-order valence-corrected chi connectivity index (χ2v) is 4.35. The molecule has 0 saturated carbocycles. The third-order valence-corrected chi connectivity index (χ3v) is 3.18. The van der Waals surface area contributed by atoms with Gasteiger partial charge in [0, 0.05) is 12.8 Å². The van der Waals surface area contributed by atoms with Crippen molar-refractivity contribution < 1.29 is 19.1 Å². The third kappa shape index (κ3) is 2.67. The topological polar surface area (TPSA) is 52.6 Å². The molecule has 1 aromatic carbocycles. The molecule has 0 aliphatic heterocycles. The van der Waals surface area contributed by atoms with Crippen LogP contribution < -0.4 is 0 Å². The highest BCUT2D eigenvalue weighted by Gasteiger charge is 2.23. The van der Waals surface area contributed by atoms with Crippen molar-refractivity contribution in [1.29, 1.82) is 0 Å². The van der Waals surface area contributed by atoms with Gasteiger partial charge in [-0.3, -0.25) is 4.79 Å². The number of ether oxygens (including phenoxy) is 2. The van der Waals surface area contributed by atoms with Crippen molar-refractivity contribution in [3.05, 3.63) is 41.2 Å². The smallest absolute Gasteiger partial charge is 0.337 e. The number of ketones is 1. The zero-order valence-corrected chi connectivity index (χ0v) is 11.1. The fourth-order valence-corrected chi connectivity index (χ4v) is 2.26. The minimum Gasteiger partial charge on any atom is -0.500 e. The van der Waals surface area contributed by atoms with Gasteiger partial charge in [-0.1, -0.05) is 12.1 Å². The van der Waals surface area contributed by atoms with Gasteiger partial charge in [0.25, 0.3) is 0 Å². The van der Waals surface area contributed by atoms with Crippen molar-refractivity contribution in [3.8, 4) is 0 Å². The van der Waals surface area contributed by atoms with Crippen LogP contribution in [0.1, 0.15) is 35.2 Å². The van der Waals surface area contributed by atoms with Gasteiger partial charge >= 0.3 is 5.97 Å². The predicted molar refractivity (Wildman–Crippen MR) is 70.6 cm³/mol. The van der Waals surface area contributed by atoms with Crippen molar-refractivity contribution in [1.82, 2.24) is 0 Å². The highest BCUT2D eigenvalue weighted by atomic mass is 16.5. The second kappa shape index (κ2) is 5.69. The van der Waals surface area contributed by atoms with Crippen molar-refractivity contribution in [2.24, 2.45) is 0 Å². The molecule has 4 nitrogen and oxygen atoms in total. The van der Waals surface area contributed by atoms with E-state index in [2.05, 4.69) is 4.74 Å². The lowest BCUT2D eigenvalue weighted by molar-refractivity contribution is -0.114. The Bertz CT molecular complexity index is 543. The average Bonchev–Trinajstić information content (AvgIpc) is 2.46. The first kappa shape index (κ1) is 13.3. The Morgan fingerprint density at radius 3 is 2.68 bits per heavy atom. The van der Waals surface area contributed by atoms with Crippen molar-refractivity contribution in [3.63, 3.8) is 0 Å². The zero-order chi connectivity index (χ0) is 13.8. The lowest BCUT2D eigenvalue weighted by atomic mass is 9.90. The van der Waals surface area contributed by atoms with Gasteiger partial charge in [0.1, 0.15) is 5.76 Å². The number of allylic oxidation sites excluding steroid dienone is 2. The van der Waals surface area contributed by atoms with Crippen LogP contribution in [0.4, 0.5) is 0 Å².